The van der Waals surface area contributed by atoms with Gasteiger partial charge in [-0.25, -0.2) is 13.4 Å². The Hall–Kier alpha value is -2.57. The van der Waals surface area contributed by atoms with Crippen molar-refractivity contribution in [2.24, 2.45) is 0 Å². The van der Waals surface area contributed by atoms with Gasteiger partial charge in [-0.2, -0.15) is 0 Å². The summed E-state index contributed by atoms with van der Waals surface area (Å²) in [5.74, 6) is 0.628. The number of benzene rings is 2. The molecule has 2 N–H and O–H groups in total. The Morgan fingerprint density at radius 3 is 2.38 bits per heavy atom. The summed E-state index contributed by atoms with van der Waals surface area (Å²) in [6.07, 6.45) is 1.47. The maximum absolute atomic E-state index is 12.4. The first-order valence-corrected chi connectivity index (χ1v) is 9.83. The zero-order valence-electron chi connectivity index (χ0n) is 14.1. The van der Waals surface area contributed by atoms with Crippen LogP contribution in [0, 0.1) is 6.92 Å². The number of hydrogen-bond donors (Lipinski definition) is 2. The lowest BCUT2D eigenvalue weighted by molar-refractivity contribution is 0.601. The van der Waals surface area contributed by atoms with Crippen molar-refractivity contribution >= 4 is 33.1 Å². The Morgan fingerprint density at radius 1 is 1.00 bits per heavy atom. The van der Waals surface area contributed by atoms with Gasteiger partial charge < -0.3 is 5.32 Å². The highest BCUT2D eigenvalue weighted by Gasteiger charge is 2.13. The van der Waals surface area contributed by atoms with Crippen molar-refractivity contribution in [1.29, 1.82) is 0 Å². The maximum Gasteiger partial charge on any atom is 0.261 e. The molecule has 5 nitrogen and oxygen atoms in total. The van der Waals surface area contributed by atoms with Crippen molar-refractivity contribution in [3.05, 3.63) is 83.0 Å². The van der Waals surface area contributed by atoms with Crippen LogP contribution in [-0.2, 0) is 16.6 Å². The van der Waals surface area contributed by atoms with E-state index in [0.29, 0.717) is 23.1 Å². The van der Waals surface area contributed by atoms with Gasteiger partial charge in [0.2, 0.25) is 0 Å². The third-order valence-electron chi connectivity index (χ3n) is 3.76. The molecule has 0 aliphatic carbocycles. The summed E-state index contributed by atoms with van der Waals surface area (Å²) in [4.78, 5) is 4.45. The van der Waals surface area contributed by atoms with Crippen molar-refractivity contribution < 1.29 is 8.42 Å². The number of aromatic nitrogens is 1. The molecule has 0 saturated carbocycles. The first-order valence-electron chi connectivity index (χ1n) is 7.97. The molecule has 1 aromatic heterocycles. The Labute approximate surface area is 158 Å². The van der Waals surface area contributed by atoms with Crippen LogP contribution >= 0.6 is 11.6 Å². The normalized spacial score (nSPS) is 11.2. The minimum absolute atomic E-state index is 0.212. The highest BCUT2D eigenvalue weighted by atomic mass is 35.5. The minimum atomic E-state index is -3.63. The first kappa shape index (κ1) is 18.2. The summed E-state index contributed by atoms with van der Waals surface area (Å²) in [5, 5.41) is 3.84. The molecule has 0 amide bonds. The predicted molar refractivity (Wildman–Crippen MR) is 105 cm³/mol. The van der Waals surface area contributed by atoms with Crippen LogP contribution in [0.1, 0.15) is 11.1 Å². The maximum atomic E-state index is 12.4. The largest absolute Gasteiger partial charge is 0.366 e. The van der Waals surface area contributed by atoms with Crippen molar-refractivity contribution in [3.8, 4) is 0 Å². The SMILES string of the molecule is Cc1ccc(S(=O)(=O)Nc2ccc(NCc3ccccc3Cl)nc2)cc1. The van der Waals surface area contributed by atoms with Crippen LogP contribution in [0.2, 0.25) is 5.02 Å². The molecule has 0 unspecified atom stereocenters. The highest BCUT2D eigenvalue weighted by molar-refractivity contribution is 7.92. The Balaban J connectivity index is 1.66. The van der Waals surface area contributed by atoms with Gasteiger partial charge in [-0.05, 0) is 42.8 Å². The van der Waals surface area contributed by atoms with Crippen molar-refractivity contribution in [3.63, 3.8) is 0 Å². The molecule has 7 heteroatoms. The molecule has 0 saturated heterocycles. The third kappa shape index (κ3) is 4.53. The van der Waals surface area contributed by atoms with E-state index < -0.39 is 10.0 Å². The first-order chi connectivity index (χ1) is 12.4. The number of halogens is 1. The number of hydrogen-bond acceptors (Lipinski definition) is 4. The lowest BCUT2D eigenvalue weighted by Gasteiger charge is -2.10. The van der Waals surface area contributed by atoms with Gasteiger partial charge in [0.05, 0.1) is 16.8 Å². The number of rotatable bonds is 6. The van der Waals surface area contributed by atoms with E-state index in [-0.39, 0.29) is 4.90 Å². The summed E-state index contributed by atoms with van der Waals surface area (Å²) in [7, 11) is -3.63. The fourth-order valence-corrected chi connectivity index (χ4v) is 3.56. The number of nitrogens with zero attached hydrogens (tertiary/aromatic N) is 1. The molecule has 0 fully saturated rings. The van der Waals surface area contributed by atoms with Gasteiger partial charge in [0.15, 0.2) is 0 Å². The van der Waals surface area contributed by atoms with E-state index in [1.165, 1.54) is 6.20 Å². The second kappa shape index (κ2) is 7.76. The van der Waals surface area contributed by atoms with Gasteiger partial charge in [-0.1, -0.05) is 47.5 Å². The molecule has 26 heavy (non-hydrogen) atoms. The molecule has 1 heterocycles. The summed E-state index contributed by atoms with van der Waals surface area (Å²) in [6.45, 7) is 2.43. The van der Waals surface area contributed by atoms with Gasteiger partial charge in [0.1, 0.15) is 5.82 Å². The number of nitrogens with one attached hydrogen (secondary N) is 2. The van der Waals surface area contributed by atoms with E-state index in [2.05, 4.69) is 15.0 Å². The van der Waals surface area contributed by atoms with Crippen LogP contribution in [0.5, 0.6) is 0 Å². The van der Waals surface area contributed by atoms with Crippen LogP contribution in [-0.4, -0.2) is 13.4 Å². The fraction of sp³-hybridized carbons (Fsp3) is 0.105. The molecule has 0 spiro atoms. The van der Waals surface area contributed by atoms with Gasteiger partial charge >= 0.3 is 0 Å². The van der Waals surface area contributed by atoms with E-state index in [0.717, 1.165) is 11.1 Å². The molecule has 0 atom stereocenters. The molecular weight excluding hydrogens is 370 g/mol. The van der Waals surface area contributed by atoms with E-state index in [9.17, 15) is 8.42 Å². The molecule has 0 bridgehead atoms. The fourth-order valence-electron chi connectivity index (χ4n) is 2.32. The van der Waals surface area contributed by atoms with Gasteiger partial charge in [0.25, 0.3) is 10.0 Å². The molecule has 3 aromatic rings. The lowest BCUT2D eigenvalue weighted by Crippen LogP contribution is -2.13. The zero-order chi connectivity index (χ0) is 18.6. The number of anilines is 2. The second-order valence-electron chi connectivity index (χ2n) is 5.80. The molecule has 0 aliphatic heterocycles. The molecule has 0 aliphatic rings. The molecule has 2 aromatic carbocycles. The van der Waals surface area contributed by atoms with Crippen LogP contribution < -0.4 is 10.0 Å². The lowest BCUT2D eigenvalue weighted by atomic mass is 10.2. The summed E-state index contributed by atoms with van der Waals surface area (Å²) < 4.78 is 27.3. The van der Waals surface area contributed by atoms with Crippen LogP contribution in [0.4, 0.5) is 11.5 Å². The monoisotopic (exact) mass is 387 g/mol. The van der Waals surface area contributed by atoms with E-state index >= 15 is 0 Å². The zero-order valence-corrected chi connectivity index (χ0v) is 15.7. The molecule has 3 rings (SSSR count). The number of pyridine rings is 1. The quantitative estimate of drug-likeness (QED) is 0.655. The van der Waals surface area contributed by atoms with E-state index in [1.807, 2.05) is 31.2 Å². The van der Waals surface area contributed by atoms with E-state index in [4.69, 9.17) is 11.6 Å². The minimum Gasteiger partial charge on any atom is -0.366 e. The smallest absolute Gasteiger partial charge is 0.261 e. The topological polar surface area (TPSA) is 71.1 Å². The average molecular weight is 388 g/mol. The summed E-state index contributed by atoms with van der Waals surface area (Å²) >= 11 is 6.12. The third-order valence-corrected chi connectivity index (χ3v) is 5.53. The van der Waals surface area contributed by atoms with Crippen LogP contribution in [0.15, 0.2) is 71.8 Å². The molecular formula is C19H18ClN3O2S. The molecule has 0 radical (unpaired) electrons. The summed E-state index contributed by atoms with van der Waals surface area (Å²) in [5.41, 5.74) is 2.36. The Kier molecular flexibility index (Phi) is 5.44. The van der Waals surface area contributed by atoms with Crippen molar-refractivity contribution in [1.82, 2.24) is 4.98 Å². The van der Waals surface area contributed by atoms with Gasteiger partial charge in [-0.15, -0.1) is 0 Å². The number of sulfonamides is 1. The highest BCUT2D eigenvalue weighted by Crippen LogP contribution is 2.19. The van der Waals surface area contributed by atoms with Crippen LogP contribution in [0.25, 0.3) is 0 Å². The molecule has 134 valence electrons. The second-order valence-corrected chi connectivity index (χ2v) is 7.89. The summed E-state index contributed by atoms with van der Waals surface area (Å²) in [6, 6.07) is 17.6. The Bertz CT molecular complexity index is 988. The van der Waals surface area contributed by atoms with Gasteiger partial charge in [-0.3, -0.25) is 4.72 Å². The van der Waals surface area contributed by atoms with Crippen molar-refractivity contribution in [2.75, 3.05) is 10.0 Å². The number of aryl methyl sites for hydroxylation is 1. The van der Waals surface area contributed by atoms with Crippen molar-refractivity contribution in [2.45, 2.75) is 18.4 Å². The van der Waals surface area contributed by atoms with Gasteiger partial charge in [0, 0.05) is 11.6 Å². The van der Waals surface area contributed by atoms with Crippen LogP contribution in [0.3, 0.4) is 0 Å². The van der Waals surface area contributed by atoms with E-state index in [1.54, 1.807) is 36.4 Å². The predicted octanol–water partition coefficient (Wildman–Crippen LogP) is 4.46. The average Bonchev–Trinajstić information content (AvgIpc) is 2.62. The standard InChI is InChI=1S/C19H18ClN3O2S/c1-14-6-9-17(10-7-14)26(24,25)23-16-8-11-19(22-13-16)21-12-15-4-2-3-5-18(15)20/h2-11,13,23H,12H2,1H3,(H,21,22). The Morgan fingerprint density at radius 2 is 1.73 bits per heavy atom.